The van der Waals surface area contributed by atoms with Crippen LogP contribution in [0.2, 0.25) is 5.02 Å². The van der Waals surface area contributed by atoms with Crippen molar-refractivity contribution in [3.05, 3.63) is 76.8 Å². The van der Waals surface area contributed by atoms with Crippen molar-refractivity contribution in [1.82, 2.24) is 0 Å². The Kier molecular flexibility index (Phi) is 5.53. The number of carboxylic acids is 1. The second kappa shape index (κ2) is 7.85. The minimum atomic E-state index is -1.22. The van der Waals surface area contributed by atoms with E-state index in [0.717, 1.165) is 24.1 Å². The standard InChI is InChI=1S/C19H12ClF2NO3S/c20-12-8-11(19(25)26)9-15(18(12)24)27-23-14-7-6-13(21)16(17(14)22)10-4-2-1-3-5-10/h1-9,23-24H,(H,25,26). The molecule has 3 aromatic carbocycles. The molecule has 0 fully saturated rings. The molecule has 8 heteroatoms. The Balaban J connectivity index is 1.93. The average molecular weight is 408 g/mol. The third-order valence-corrected chi connectivity index (χ3v) is 4.84. The number of rotatable bonds is 5. The van der Waals surface area contributed by atoms with Gasteiger partial charge in [0.15, 0.2) is 5.82 Å². The first-order chi connectivity index (χ1) is 12.9. The molecule has 0 aliphatic heterocycles. The van der Waals surface area contributed by atoms with Crippen LogP contribution in [-0.2, 0) is 0 Å². The first kappa shape index (κ1) is 19.0. The van der Waals surface area contributed by atoms with Crippen LogP contribution in [0.3, 0.4) is 0 Å². The number of phenolic OH excluding ortho intramolecular Hbond substituents is 1. The van der Waals surface area contributed by atoms with Crippen LogP contribution >= 0.6 is 23.5 Å². The number of hydrogen-bond donors (Lipinski definition) is 3. The molecule has 3 N–H and O–H groups in total. The van der Waals surface area contributed by atoms with Crippen molar-refractivity contribution in [2.24, 2.45) is 0 Å². The molecule has 0 heterocycles. The summed E-state index contributed by atoms with van der Waals surface area (Å²) < 4.78 is 31.6. The maximum Gasteiger partial charge on any atom is 0.335 e. The third-order valence-electron chi connectivity index (χ3n) is 3.70. The minimum Gasteiger partial charge on any atom is -0.505 e. The van der Waals surface area contributed by atoms with Crippen LogP contribution in [0, 0.1) is 11.6 Å². The van der Waals surface area contributed by atoms with E-state index in [1.165, 1.54) is 12.1 Å². The third kappa shape index (κ3) is 3.99. The van der Waals surface area contributed by atoms with Gasteiger partial charge in [0.1, 0.15) is 11.6 Å². The topological polar surface area (TPSA) is 69.6 Å². The molecule has 0 aromatic heterocycles. The van der Waals surface area contributed by atoms with E-state index in [4.69, 9.17) is 16.7 Å². The van der Waals surface area contributed by atoms with Gasteiger partial charge in [-0.1, -0.05) is 41.9 Å². The highest BCUT2D eigenvalue weighted by molar-refractivity contribution is 8.00. The Bertz CT molecular complexity index is 1020. The second-order valence-electron chi connectivity index (χ2n) is 5.46. The highest BCUT2D eigenvalue weighted by Crippen LogP contribution is 2.38. The predicted molar refractivity (Wildman–Crippen MR) is 101 cm³/mol. The lowest BCUT2D eigenvalue weighted by Crippen LogP contribution is -1.99. The maximum absolute atomic E-state index is 14.8. The van der Waals surface area contributed by atoms with Crippen molar-refractivity contribution in [2.75, 3.05) is 4.72 Å². The average Bonchev–Trinajstić information content (AvgIpc) is 2.65. The van der Waals surface area contributed by atoms with E-state index in [0.29, 0.717) is 5.56 Å². The summed E-state index contributed by atoms with van der Waals surface area (Å²) in [6.45, 7) is 0. The number of anilines is 1. The minimum absolute atomic E-state index is 0.0310. The fraction of sp³-hybridized carbons (Fsp3) is 0. The molecule has 138 valence electrons. The monoisotopic (exact) mass is 407 g/mol. The van der Waals surface area contributed by atoms with E-state index in [2.05, 4.69) is 4.72 Å². The van der Waals surface area contributed by atoms with Gasteiger partial charge in [-0.25, -0.2) is 13.6 Å². The molecular weight excluding hydrogens is 396 g/mol. The van der Waals surface area contributed by atoms with Crippen LogP contribution in [0.4, 0.5) is 14.5 Å². The molecule has 27 heavy (non-hydrogen) atoms. The molecule has 0 unspecified atom stereocenters. The van der Waals surface area contributed by atoms with Crippen LogP contribution in [0.1, 0.15) is 10.4 Å². The Morgan fingerprint density at radius 3 is 2.44 bits per heavy atom. The fourth-order valence-corrected chi connectivity index (χ4v) is 3.43. The summed E-state index contributed by atoms with van der Waals surface area (Å²) in [5.74, 6) is -3.09. The SMILES string of the molecule is O=C(O)c1cc(Cl)c(O)c(SNc2ccc(F)c(-c3ccccc3)c2F)c1. The Morgan fingerprint density at radius 2 is 1.78 bits per heavy atom. The summed E-state index contributed by atoms with van der Waals surface area (Å²) in [6.07, 6.45) is 0. The number of halogens is 3. The largest absolute Gasteiger partial charge is 0.505 e. The van der Waals surface area contributed by atoms with Gasteiger partial charge in [-0.2, -0.15) is 0 Å². The molecule has 0 bridgehead atoms. The summed E-state index contributed by atoms with van der Waals surface area (Å²) in [5, 5.41) is 18.9. The van der Waals surface area contributed by atoms with Gasteiger partial charge in [0, 0.05) is 0 Å². The maximum atomic E-state index is 14.8. The van der Waals surface area contributed by atoms with Crippen LogP contribution in [0.5, 0.6) is 5.75 Å². The highest BCUT2D eigenvalue weighted by Gasteiger charge is 2.17. The molecule has 0 saturated heterocycles. The molecule has 0 saturated carbocycles. The van der Waals surface area contributed by atoms with Gasteiger partial charge in [0.25, 0.3) is 0 Å². The van der Waals surface area contributed by atoms with Gasteiger partial charge in [-0.15, -0.1) is 0 Å². The number of nitrogens with one attached hydrogen (secondary N) is 1. The van der Waals surface area contributed by atoms with Crippen molar-refractivity contribution in [1.29, 1.82) is 0 Å². The van der Waals surface area contributed by atoms with E-state index < -0.39 is 17.6 Å². The smallest absolute Gasteiger partial charge is 0.335 e. The van der Waals surface area contributed by atoms with E-state index in [1.54, 1.807) is 30.3 Å². The van der Waals surface area contributed by atoms with Crippen LogP contribution < -0.4 is 4.72 Å². The van der Waals surface area contributed by atoms with Gasteiger partial charge in [0.2, 0.25) is 0 Å². The summed E-state index contributed by atoms with van der Waals surface area (Å²) >= 11 is 6.58. The lowest BCUT2D eigenvalue weighted by Gasteiger charge is -2.13. The molecular formula is C19H12ClF2NO3S. The summed E-state index contributed by atoms with van der Waals surface area (Å²) in [6, 6.07) is 12.9. The number of carbonyl (C=O) groups is 1. The van der Waals surface area contributed by atoms with Crippen LogP contribution in [0.15, 0.2) is 59.5 Å². The summed E-state index contributed by atoms with van der Waals surface area (Å²) in [5.41, 5.74) is 0.0193. The molecule has 4 nitrogen and oxygen atoms in total. The molecule has 0 atom stereocenters. The molecule has 0 spiro atoms. The van der Waals surface area contributed by atoms with Crippen molar-refractivity contribution in [3.63, 3.8) is 0 Å². The van der Waals surface area contributed by atoms with Crippen molar-refractivity contribution in [2.45, 2.75) is 4.90 Å². The molecule has 0 aliphatic rings. The quantitative estimate of drug-likeness (QED) is 0.466. The molecule has 3 aromatic rings. The van der Waals surface area contributed by atoms with E-state index in [1.807, 2.05) is 0 Å². The van der Waals surface area contributed by atoms with E-state index in [9.17, 15) is 18.7 Å². The van der Waals surface area contributed by atoms with Gasteiger partial charge >= 0.3 is 5.97 Å². The molecule has 0 amide bonds. The van der Waals surface area contributed by atoms with Gasteiger partial charge in [0.05, 0.1) is 26.7 Å². The zero-order chi connectivity index (χ0) is 19.6. The Labute approximate surface area is 162 Å². The van der Waals surface area contributed by atoms with Crippen molar-refractivity contribution < 1.29 is 23.8 Å². The van der Waals surface area contributed by atoms with E-state index in [-0.39, 0.29) is 32.5 Å². The highest BCUT2D eigenvalue weighted by atomic mass is 35.5. The predicted octanol–water partition coefficient (Wildman–Crippen LogP) is 5.81. The van der Waals surface area contributed by atoms with Gasteiger partial charge < -0.3 is 14.9 Å². The number of aromatic hydroxyl groups is 1. The molecule has 0 aliphatic carbocycles. The Morgan fingerprint density at radius 1 is 1.07 bits per heavy atom. The Hall–Kier alpha value is -2.77. The molecule has 3 rings (SSSR count). The van der Waals surface area contributed by atoms with Crippen molar-refractivity contribution >= 4 is 35.2 Å². The first-order valence-corrected chi connectivity index (χ1v) is 8.80. The molecule has 0 radical (unpaired) electrons. The van der Waals surface area contributed by atoms with Gasteiger partial charge in [-0.3, -0.25) is 0 Å². The van der Waals surface area contributed by atoms with E-state index >= 15 is 0 Å². The number of carboxylic acid groups (broad SMARTS) is 1. The normalized spacial score (nSPS) is 10.6. The first-order valence-electron chi connectivity index (χ1n) is 7.60. The zero-order valence-electron chi connectivity index (χ0n) is 13.5. The summed E-state index contributed by atoms with van der Waals surface area (Å²) in [7, 11) is 0. The lowest BCUT2D eigenvalue weighted by molar-refractivity contribution is 0.0696. The zero-order valence-corrected chi connectivity index (χ0v) is 15.1. The number of hydrogen-bond acceptors (Lipinski definition) is 4. The number of benzene rings is 3. The second-order valence-corrected chi connectivity index (χ2v) is 6.72. The summed E-state index contributed by atoms with van der Waals surface area (Å²) in [4.78, 5) is 11.2. The van der Waals surface area contributed by atoms with Crippen LogP contribution in [-0.4, -0.2) is 16.2 Å². The lowest BCUT2D eigenvalue weighted by atomic mass is 10.0. The van der Waals surface area contributed by atoms with Gasteiger partial charge in [-0.05, 0) is 41.8 Å². The number of aromatic carboxylic acids is 1. The number of phenols is 1. The van der Waals surface area contributed by atoms with Crippen molar-refractivity contribution in [3.8, 4) is 16.9 Å². The van der Waals surface area contributed by atoms with Crippen LogP contribution in [0.25, 0.3) is 11.1 Å². The fourth-order valence-electron chi connectivity index (χ4n) is 2.39.